The molecule has 3 aromatic carbocycles. The molecule has 1 aliphatic heterocycles. The van der Waals surface area contributed by atoms with Gasteiger partial charge in [-0.15, -0.1) is 0 Å². The van der Waals surface area contributed by atoms with Gasteiger partial charge in [0.05, 0.1) is 67.5 Å². The van der Waals surface area contributed by atoms with Crippen LogP contribution in [0.4, 0.5) is 0 Å². The van der Waals surface area contributed by atoms with Crippen LogP contribution in [-0.2, 0) is 66.8 Å². The van der Waals surface area contributed by atoms with Crippen LogP contribution in [0, 0.1) is 20.8 Å². The molecule has 378 valence electrons. The second kappa shape index (κ2) is 26.7. The minimum Gasteiger partial charge on any atom is -0.379 e. The number of aryl methyl sites for hydroxylation is 3. The predicted molar refractivity (Wildman–Crippen MR) is 256 cm³/mol. The Balaban J connectivity index is 1.80. The van der Waals surface area contributed by atoms with Crippen LogP contribution in [-0.4, -0.2) is 166 Å². The van der Waals surface area contributed by atoms with Crippen LogP contribution >= 0.6 is 15.5 Å². The van der Waals surface area contributed by atoms with Crippen molar-refractivity contribution in [3.63, 3.8) is 0 Å². The summed E-state index contributed by atoms with van der Waals surface area (Å²) in [6.45, 7) is 9.73. The van der Waals surface area contributed by atoms with E-state index in [9.17, 15) is 34.4 Å². The van der Waals surface area contributed by atoms with Crippen molar-refractivity contribution in [2.24, 2.45) is 0 Å². The van der Waals surface area contributed by atoms with Gasteiger partial charge in [-0.05, 0) is 84.9 Å². The number of rotatable bonds is 16. The Kier molecular flexibility index (Phi) is 22.7. The third kappa shape index (κ3) is 16.0. The highest BCUT2D eigenvalue weighted by Gasteiger charge is 2.38. The standard InChI is InChI=1S/C43H69N5O14P2S3/c1-8-59-63(49,60-9-2)44-24-26-46(65(51,52)41-18-12-38(5)13-19-41)27-25-45(64(50,61-10-3)62-11-4)31-35-58-37-33-48(67(55,56)43-22-16-40(7)17-23-43)29-28-47(32-36-57-34-30-44)66(53,54)42-20-14-39(6)15-21-42/h12-23H,8-11,24-37H2,1-7H3. The molecule has 0 aliphatic carbocycles. The Morgan fingerprint density at radius 2 is 0.642 bits per heavy atom. The minimum absolute atomic E-state index is 0.000672. The summed E-state index contributed by atoms with van der Waals surface area (Å²) >= 11 is 0. The van der Waals surface area contributed by atoms with E-state index in [4.69, 9.17) is 27.6 Å². The summed E-state index contributed by atoms with van der Waals surface area (Å²) in [6.07, 6.45) is 0. The Bertz CT molecular complexity index is 2270. The topological polar surface area (TPSA) is 208 Å². The molecule has 3 aromatic rings. The Morgan fingerprint density at radius 1 is 0.403 bits per heavy atom. The lowest BCUT2D eigenvalue weighted by molar-refractivity contribution is 0.0949. The molecule has 0 atom stereocenters. The Morgan fingerprint density at radius 3 is 0.910 bits per heavy atom. The molecule has 67 heavy (non-hydrogen) atoms. The van der Waals surface area contributed by atoms with Crippen molar-refractivity contribution in [3.8, 4) is 0 Å². The van der Waals surface area contributed by atoms with Crippen LogP contribution in [0.1, 0.15) is 44.4 Å². The van der Waals surface area contributed by atoms with Crippen LogP contribution in [0.2, 0.25) is 0 Å². The van der Waals surface area contributed by atoms with Crippen molar-refractivity contribution in [2.75, 3.05) is 118 Å². The SMILES string of the molecule is CCOP(=O)(OCC)N1CCOCCN(S(=O)(=O)c2ccc(C)cc2)CCN(S(=O)(=O)c2ccc(C)cc2)CCOCCN(P(=O)(OCC)OCC)CCN(S(=O)(=O)c2ccc(C)cc2)CC1. The molecule has 0 radical (unpaired) electrons. The zero-order valence-corrected chi connectivity index (χ0v) is 44.0. The van der Waals surface area contributed by atoms with Crippen molar-refractivity contribution < 1.29 is 62.0 Å². The maximum absolute atomic E-state index is 14.5. The maximum atomic E-state index is 14.5. The molecule has 0 bridgehead atoms. The van der Waals surface area contributed by atoms with Gasteiger partial charge in [0.1, 0.15) is 0 Å². The smallest absolute Gasteiger partial charge is 0.379 e. The summed E-state index contributed by atoms with van der Waals surface area (Å²) < 4.78 is 156. The fourth-order valence-corrected chi connectivity index (χ4v) is 14.6. The van der Waals surface area contributed by atoms with E-state index in [1.807, 2.05) is 20.8 Å². The highest BCUT2D eigenvalue weighted by Crippen LogP contribution is 2.52. The van der Waals surface area contributed by atoms with Crippen LogP contribution in [0.25, 0.3) is 0 Å². The molecular weight excluding hydrogens is 969 g/mol. The average Bonchev–Trinajstić information content (AvgIpc) is 3.27. The van der Waals surface area contributed by atoms with Gasteiger partial charge in [0, 0.05) is 65.4 Å². The zero-order chi connectivity index (χ0) is 49.3. The zero-order valence-electron chi connectivity index (χ0n) is 39.7. The summed E-state index contributed by atoms with van der Waals surface area (Å²) in [6, 6.07) is 18.9. The van der Waals surface area contributed by atoms with Crippen molar-refractivity contribution >= 4 is 45.6 Å². The van der Waals surface area contributed by atoms with Crippen LogP contribution in [0.5, 0.6) is 0 Å². The van der Waals surface area contributed by atoms with E-state index in [0.29, 0.717) is 0 Å². The molecule has 1 fully saturated rings. The van der Waals surface area contributed by atoms with Crippen molar-refractivity contribution in [1.29, 1.82) is 0 Å². The second-order valence-electron chi connectivity index (χ2n) is 15.4. The van der Waals surface area contributed by atoms with Gasteiger partial charge in [-0.1, -0.05) is 53.1 Å². The predicted octanol–water partition coefficient (Wildman–Crippen LogP) is 6.00. The first-order chi connectivity index (χ1) is 31.8. The Labute approximate surface area is 398 Å². The Hall–Kier alpha value is -2.47. The number of ether oxygens (including phenoxy) is 2. The summed E-state index contributed by atoms with van der Waals surface area (Å²) in [5.41, 5.74) is 2.53. The van der Waals surface area contributed by atoms with Crippen molar-refractivity contribution in [3.05, 3.63) is 89.5 Å². The summed E-state index contributed by atoms with van der Waals surface area (Å²) in [7, 11) is -20.8. The number of nitrogens with zero attached hydrogens (tertiary/aromatic N) is 5. The summed E-state index contributed by atoms with van der Waals surface area (Å²) in [5, 5.41) is 0. The van der Waals surface area contributed by atoms with E-state index in [1.54, 1.807) is 64.1 Å². The lowest BCUT2D eigenvalue weighted by Crippen LogP contribution is -2.43. The summed E-state index contributed by atoms with van der Waals surface area (Å²) in [4.78, 5) is 0.0114. The fraction of sp³-hybridized carbons (Fsp3) is 0.581. The molecule has 19 nitrogen and oxygen atoms in total. The highest BCUT2D eigenvalue weighted by atomic mass is 32.2. The molecule has 0 saturated carbocycles. The normalized spacial score (nSPS) is 18.4. The maximum Gasteiger partial charge on any atom is 0.408 e. The van der Waals surface area contributed by atoms with Gasteiger partial charge >= 0.3 is 15.5 Å². The van der Waals surface area contributed by atoms with E-state index < -0.39 is 45.6 Å². The number of hydrogen-bond acceptors (Lipinski definition) is 14. The molecule has 1 saturated heterocycles. The van der Waals surface area contributed by atoms with Crippen molar-refractivity contribution in [1.82, 2.24) is 22.3 Å². The number of sulfonamides is 3. The molecular formula is C43H69N5O14P2S3. The van der Waals surface area contributed by atoms with Gasteiger partial charge in [-0.2, -0.15) is 12.9 Å². The van der Waals surface area contributed by atoms with E-state index in [1.165, 1.54) is 50.0 Å². The van der Waals surface area contributed by atoms with Gasteiger partial charge in [-0.25, -0.2) is 43.7 Å². The molecule has 24 heteroatoms. The van der Waals surface area contributed by atoms with Crippen molar-refractivity contribution in [2.45, 2.75) is 63.2 Å². The number of benzene rings is 3. The largest absolute Gasteiger partial charge is 0.408 e. The summed E-state index contributed by atoms with van der Waals surface area (Å²) in [5.74, 6) is 0. The second-order valence-corrected chi connectivity index (χ2v) is 25.2. The van der Waals surface area contributed by atoms with E-state index >= 15 is 0 Å². The molecule has 0 N–H and O–H groups in total. The van der Waals surface area contributed by atoms with E-state index in [-0.39, 0.29) is 133 Å². The first kappa shape index (κ1) is 57.1. The molecule has 0 spiro atoms. The minimum atomic E-state index is -4.25. The number of hydrogen-bond donors (Lipinski definition) is 0. The van der Waals surface area contributed by atoms with Crippen LogP contribution < -0.4 is 0 Å². The van der Waals surface area contributed by atoms with E-state index in [2.05, 4.69) is 0 Å². The monoisotopic (exact) mass is 1040 g/mol. The third-order valence-electron chi connectivity index (χ3n) is 10.6. The van der Waals surface area contributed by atoms with Crippen LogP contribution in [0.3, 0.4) is 0 Å². The lowest BCUT2D eigenvalue weighted by atomic mass is 10.2. The lowest BCUT2D eigenvalue weighted by Gasteiger charge is -2.33. The molecule has 0 aromatic heterocycles. The van der Waals surface area contributed by atoms with Gasteiger partial charge < -0.3 is 9.47 Å². The van der Waals surface area contributed by atoms with Gasteiger partial charge in [0.15, 0.2) is 0 Å². The fourth-order valence-electron chi connectivity index (χ4n) is 6.96. The quantitative estimate of drug-likeness (QED) is 0.151. The van der Waals surface area contributed by atoms with Gasteiger partial charge in [-0.3, -0.25) is 18.1 Å². The molecule has 1 heterocycles. The highest BCUT2D eigenvalue weighted by molar-refractivity contribution is 7.89. The molecule has 4 rings (SSSR count). The first-order valence-corrected chi connectivity index (χ1v) is 29.7. The molecule has 0 amide bonds. The molecule has 1 aliphatic rings. The third-order valence-corrected chi connectivity index (χ3v) is 20.9. The van der Waals surface area contributed by atoms with Crippen LogP contribution in [0.15, 0.2) is 87.5 Å². The molecule has 0 unspecified atom stereocenters. The van der Waals surface area contributed by atoms with Gasteiger partial charge in [0.2, 0.25) is 30.1 Å². The van der Waals surface area contributed by atoms with Gasteiger partial charge in [0.25, 0.3) is 0 Å². The average molecular weight is 1040 g/mol. The van der Waals surface area contributed by atoms with E-state index in [0.717, 1.165) is 25.3 Å². The first-order valence-electron chi connectivity index (χ1n) is 22.4.